The molecule has 200 valence electrons. The summed E-state index contributed by atoms with van der Waals surface area (Å²) in [5.74, 6) is -1.54. The molecule has 38 heavy (non-hydrogen) atoms. The van der Waals surface area contributed by atoms with Crippen molar-refractivity contribution in [1.29, 1.82) is 5.26 Å². The molecule has 0 unspecified atom stereocenters. The molecule has 7 nitrogen and oxygen atoms in total. The van der Waals surface area contributed by atoms with Gasteiger partial charge in [0.2, 0.25) is 11.8 Å². The van der Waals surface area contributed by atoms with Crippen LogP contribution in [0.2, 0.25) is 5.02 Å². The van der Waals surface area contributed by atoms with Crippen molar-refractivity contribution in [2.75, 3.05) is 0 Å². The number of amides is 1. The first kappa shape index (κ1) is 28.7. The lowest BCUT2D eigenvalue weighted by molar-refractivity contribution is -0.143. The lowest BCUT2D eigenvalue weighted by atomic mass is 9.81. The lowest BCUT2D eigenvalue weighted by Gasteiger charge is -2.31. The summed E-state index contributed by atoms with van der Waals surface area (Å²) in [5.41, 5.74) is -1.54. The van der Waals surface area contributed by atoms with Crippen LogP contribution in [0.5, 0.6) is 5.88 Å². The standard InChI is InChI=1S/C27H26ClF3N4O3/c1-16(21(13-17-8-10-20(28)11-9-17)19-7-5-6-18(12-19)14-32)33-25(37)26(2,3)22-23(27(29,30)31)34-35(4)24(22)38-15-36/h5-12,15-16,21H,13H2,1-4H3,(H,33,37)/t16-,21+/m0/s1. The highest BCUT2D eigenvalue weighted by molar-refractivity contribution is 6.30. The van der Waals surface area contributed by atoms with Gasteiger partial charge in [-0.15, -0.1) is 0 Å². The fourth-order valence-electron chi connectivity index (χ4n) is 4.35. The first-order valence-electron chi connectivity index (χ1n) is 11.6. The number of nitrogens with one attached hydrogen (secondary N) is 1. The molecule has 2 atom stereocenters. The van der Waals surface area contributed by atoms with Crippen LogP contribution in [-0.2, 0) is 34.6 Å². The van der Waals surface area contributed by atoms with Gasteiger partial charge in [0.1, 0.15) is 0 Å². The van der Waals surface area contributed by atoms with Crippen molar-refractivity contribution in [2.45, 2.75) is 50.7 Å². The Balaban J connectivity index is 2.00. The number of benzene rings is 2. The predicted octanol–water partition coefficient (Wildman–Crippen LogP) is 5.31. The number of aromatic nitrogens is 2. The largest absolute Gasteiger partial charge is 0.435 e. The maximum absolute atomic E-state index is 13.8. The molecular weight excluding hydrogens is 521 g/mol. The van der Waals surface area contributed by atoms with E-state index in [-0.39, 0.29) is 12.4 Å². The van der Waals surface area contributed by atoms with Crippen LogP contribution in [0.3, 0.4) is 0 Å². The Morgan fingerprint density at radius 2 is 1.89 bits per heavy atom. The summed E-state index contributed by atoms with van der Waals surface area (Å²) in [7, 11) is 1.19. The fraction of sp³-hybridized carbons (Fsp3) is 0.333. The molecule has 2 aromatic carbocycles. The molecule has 0 saturated heterocycles. The average Bonchev–Trinajstić information content (AvgIpc) is 3.21. The second-order valence-corrected chi connectivity index (χ2v) is 9.86. The van der Waals surface area contributed by atoms with Crippen LogP contribution in [0, 0.1) is 11.3 Å². The average molecular weight is 547 g/mol. The minimum atomic E-state index is -4.89. The summed E-state index contributed by atoms with van der Waals surface area (Å²) in [4.78, 5) is 24.6. The number of aryl methyl sites for hydroxylation is 1. The van der Waals surface area contributed by atoms with Crippen LogP contribution in [-0.4, -0.2) is 28.2 Å². The zero-order chi connectivity index (χ0) is 28.3. The minimum absolute atomic E-state index is 0.0123. The molecule has 0 fully saturated rings. The van der Waals surface area contributed by atoms with Gasteiger partial charge in [-0.25, -0.2) is 4.68 Å². The second-order valence-electron chi connectivity index (χ2n) is 9.43. The van der Waals surface area contributed by atoms with Crippen LogP contribution in [0.4, 0.5) is 13.2 Å². The summed E-state index contributed by atoms with van der Waals surface area (Å²) in [6, 6.07) is 15.6. The van der Waals surface area contributed by atoms with E-state index >= 15 is 0 Å². The Morgan fingerprint density at radius 1 is 1.24 bits per heavy atom. The number of ether oxygens (including phenoxy) is 1. The van der Waals surface area contributed by atoms with Crippen molar-refractivity contribution in [3.63, 3.8) is 0 Å². The number of carbonyl (C=O) groups excluding carboxylic acids is 2. The summed E-state index contributed by atoms with van der Waals surface area (Å²) in [6.45, 7) is 4.35. The van der Waals surface area contributed by atoms with Crippen molar-refractivity contribution in [3.8, 4) is 11.9 Å². The molecular formula is C27H26ClF3N4O3. The number of hydrogen-bond acceptors (Lipinski definition) is 5. The Hall–Kier alpha value is -3.84. The van der Waals surface area contributed by atoms with Gasteiger partial charge >= 0.3 is 6.18 Å². The molecule has 1 amide bonds. The van der Waals surface area contributed by atoms with Crippen LogP contribution in [0.1, 0.15) is 54.6 Å². The van der Waals surface area contributed by atoms with E-state index in [0.717, 1.165) is 15.8 Å². The van der Waals surface area contributed by atoms with Crippen molar-refractivity contribution < 1.29 is 27.5 Å². The maximum atomic E-state index is 13.8. The number of hydrogen-bond donors (Lipinski definition) is 1. The van der Waals surface area contributed by atoms with E-state index in [1.165, 1.54) is 20.9 Å². The molecule has 3 aromatic rings. The van der Waals surface area contributed by atoms with Crippen molar-refractivity contribution in [1.82, 2.24) is 15.1 Å². The number of halogens is 4. The number of carbonyl (C=O) groups is 2. The van der Waals surface area contributed by atoms with Gasteiger partial charge < -0.3 is 10.1 Å². The summed E-state index contributed by atoms with van der Waals surface area (Å²) < 4.78 is 47.1. The van der Waals surface area contributed by atoms with E-state index in [4.69, 9.17) is 16.3 Å². The molecule has 0 spiro atoms. The monoisotopic (exact) mass is 546 g/mol. The highest BCUT2D eigenvalue weighted by atomic mass is 35.5. The van der Waals surface area contributed by atoms with Gasteiger partial charge in [-0.05, 0) is 62.6 Å². The van der Waals surface area contributed by atoms with Gasteiger partial charge in [-0.1, -0.05) is 35.9 Å². The Kier molecular flexibility index (Phi) is 8.52. The molecule has 3 rings (SSSR count). The topological polar surface area (TPSA) is 97.0 Å². The Bertz CT molecular complexity index is 1360. The first-order valence-corrected chi connectivity index (χ1v) is 12.0. The van der Waals surface area contributed by atoms with E-state index in [9.17, 15) is 28.0 Å². The number of rotatable bonds is 9. The summed E-state index contributed by atoms with van der Waals surface area (Å²) in [6.07, 6.45) is -4.44. The minimum Gasteiger partial charge on any atom is -0.410 e. The van der Waals surface area contributed by atoms with E-state index < -0.39 is 40.7 Å². The summed E-state index contributed by atoms with van der Waals surface area (Å²) in [5, 5.41) is 16.3. The van der Waals surface area contributed by atoms with Gasteiger partial charge in [-0.2, -0.15) is 23.5 Å². The molecule has 0 aliphatic rings. The number of nitrogens with zero attached hydrogens (tertiary/aromatic N) is 3. The van der Waals surface area contributed by atoms with E-state index in [0.29, 0.717) is 17.0 Å². The molecule has 1 heterocycles. The first-order chi connectivity index (χ1) is 17.8. The van der Waals surface area contributed by atoms with Crippen LogP contribution >= 0.6 is 11.6 Å². The van der Waals surface area contributed by atoms with E-state index in [1.54, 1.807) is 37.3 Å². The van der Waals surface area contributed by atoms with Gasteiger partial charge in [0.25, 0.3) is 6.47 Å². The van der Waals surface area contributed by atoms with Crippen LogP contribution < -0.4 is 10.1 Å². The molecule has 1 aromatic heterocycles. The molecule has 0 aliphatic heterocycles. The normalized spacial score (nSPS) is 13.3. The third-order valence-electron chi connectivity index (χ3n) is 6.39. The van der Waals surface area contributed by atoms with E-state index in [2.05, 4.69) is 16.5 Å². The highest BCUT2D eigenvalue weighted by Gasteiger charge is 2.47. The quantitative estimate of drug-likeness (QED) is 0.367. The Morgan fingerprint density at radius 3 is 2.47 bits per heavy atom. The second kappa shape index (κ2) is 11.3. The molecule has 0 saturated carbocycles. The van der Waals surface area contributed by atoms with Crippen LogP contribution in [0.25, 0.3) is 0 Å². The predicted molar refractivity (Wildman–Crippen MR) is 135 cm³/mol. The van der Waals surface area contributed by atoms with Crippen molar-refractivity contribution in [3.05, 3.63) is 81.5 Å². The smallest absolute Gasteiger partial charge is 0.410 e. The van der Waals surface area contributed by atoms with Gasteiger partial charge in [0.05, 0.1) is 22.6 Å². The summed E-state index contributed by atoms with van der Waals surface area (Å²) >= 11 is 6.01. The third kappa shape index (κ3) is 6.17. The van der Waals surface area contributed by atoms with Gasteiger partial charge in [0.15, 0.2) is 5.69 Å². The SMILES string of the molecule is C[C@H](NC(=O)C(C)(C)c1c(C(F)(F)F)nn(C)c1OC=O)[C@@H](Cc1ccc(Cl)cc1)c1cccc(C#N)c1. The number of nitriles is 1. The molecule has 0 aliphatic carbocycles. The lowest BCUT2D eigenvalue weighted by Crippen LogP contribution is -2.47. The Labute approximate surface area is 223 Å². The van der Waals surface area contributed by atoms with Crippen molar-refractivity contribution in [2.24, 2.45) is 7.05 Å². The fourth-order valence-corrected chi connectivity index (χ4v) is 4.47. The van der Waals surface area contributed by atoms with Crippen LogP contribution in [0.15, 0.2) is 48.5 Å². The zero-order valence-electron chi connectivity index (χ0n) is 21.1. The maximum Gasteiger partial charge on any atom is 0.435 e. The third-order valence-corrected chi connectivity index (χ3v) is 6.64. The molecule has 0 bridgehead atoms. The van der Waals surface area contributed by atoms with E-state index in [1.807, 2.05) is 18.2 Å². The van der Waals surface area contributed by atoms with Gasteiger partial charge in [-0.3, -0.25) is 9.59 Å². The molecule has 0 radical (unpaired) electrons. The zero-order valence-corrected chi connectivity index (χ0v) is 21.9. The molecule has 1 N–H and O–H groups in total. The highest BCUT2D eigenvalue weighted by Crippen LogP contribution is 2.42. The number of alkyl halides is 3. The molecule has 11 heteroatoms. The van der Waals surface area contributed by atoms with Gasteiger partial charge in [0, 0.05) is 24.0 Å². The van der Waals surface area contributed by atoms with Crippen molar-refractivity contribution >= 4 is 24.0 Å².